The van der Waals surface area contributed by atoms with Gasteiger partial charge in [-0.3, -0.25) is 9.59 Å². The summed E-state index contributed by atoms with van der Waals surface area (Å²) in [4.78, 5) is 29.6. The molecule has 32 heavy (non-hydrogen) atoms. The second-order valence-electron chi connectivity index (χ2n) is 9.71. The van der Waals surface area contributed by atoms with Gasteiger partial charge in [0.05, 0.1) is 27.9 Å². The Morgan fingerprint density at radius 2 is 1.50 bits per heavy atom. The molecule has 2 unspecified atom stereocenters. The van der Waals surface area contributed by atoms with Crippen LogP contribution in [-0.2, 0) is 20.6 Å². The number of carbonyl (C=O) groups is 2. The molecule has 0 aromatic heterocycles. The van der Waals surface area contributed by atoms with Crippen molar-refractivity contribution < 1.29 is 28.2 Å². The monoisotopic (exact) mass is 466 g/mol. The first-order valence-electron chi connectivity index (χ1n) is 10.8. The van der Waals surface area contributed by atoms with E-state index in [4.69, 9.17) is 18.6 Å². The highest BCUT2D eigenvalue weighted by Crippen LogP contribution is 2.39. The van der Waals surface area contributed by atoms with Crippen LogP contribution < -0.4 is 14.2 Å². The average molecular weight is 467 g/mol. The minimum absolute atomic E-state index is 0.00450. The summed E-state index contributed by atoms with van der Waals surface area (Å²) in [5, 5.41) is -0.00450. The van der Waals surface area contributed by atoms with E-state index in [9.17, 15) is 9.59 Å². The number of ether oxygens (including phenoxy) is 3. The van der Waals surface area contributed by atoms with Crippen LogP contribution >= 0.6 is 0 Å². The lowest BCUT2D eigenvalue weighted by molar-refractivity contribution is -0.161. The number of piperazine rings is 1. The predicted molar refractivity (Wildman–Crippen MR) is 126 cm³/mol. The molecule has 1 aromatic rings. The number of carbonyl (C=O) groups excluding carboxylic acids is 2. The first-order chi connectivity index (χ1) is 14.8. The van der Waals surface area contributed by atoms with E-state index in [2.05, 4.69) is 33.9 Å². The molecule has 0 aliphatic carbocycles. The van der Waals surface area contributed by atoms with E-state index in [0.29, 0.717) is 17.2 Å². The lowest BCUT2D eigenvalue weighted by Gasteiger charge is -2.44. The molecule has 0 radical (unpaired) electrons. The molecule has 2 rings (SSSR count). The number of rotatable bonds is 8. The fourth-order valence-corrected chi connectivity index (χ4v) is 4.40. The van der Waals surface area contributed by atoms with E-state index in [1.165, 1.54) is 4.90 Å². The zero-order chi connectivity index (χ0) is 24.4. The molecule has 180 valence electrons. The fourth-order valence-electron chi connectivity index (χ4n) is 3.39. The quantitative estimate of drug-likeness (QED) is 0.547. The minimum atomic E-state index is -2.11. The van der Waals surface area contributed by atoms with Gasteiger partial charge in [0.25, 0.3) is 0 Å². The van der Waals surface area contributed by atoms with Crippen LogP contribution in [-0.4, -0.2) is 77.0 Å². The lowest BCUT2D eigenvalue weighted by atomic mass is 10.0. The highest BCUT2D eigenvalue weighted by atomic mass is 28.4. The maximum absolute atomic E-state index is 13.3. The Morgan fingerprint density at radius 3 is 1.94 bits per heavy atom. The first-order valence-corrected chi connectivity index (χ1v) is 13.7. The van der Waals surface area contributed by atoms with Crippen LogP contribution in [0.25, 0.3) is 0 Å². The van der Waals surface area contributed by atoms with E-state index >= 15 is 0 Å². The SMILES string of the molecule is COc1cc(CN2C(=O)C(C)N(C)C(=O)C2CO[Si](C)(C)C(C)(C)C)cc(OC)c1OC. The van der Waals surface area contributed by atoms with Crippen molar-refractivity contribution in [3.63, 3.8) is 0 Å². The molecule has 1 aliphatic rings. The second kappa shape index (κ2) is 9.70. The van der Waals surface area contributed by atoms with Gasteiger partial charge in [-0.1, -0.05) is 20.8 Å². The molecule has 8 nitrogen and oxygen atoms in total. The molecule has 1 fully saturated rings. The molecular formula is C23H38N2O6Si. The molecule has 1 aromatic carbocycles. The summed E-state index contributed by atoms with van der Waals surface area (Å²) in [6, 6.07) is 2.35. The van der Waals surface area contributed by atoms with Crippen molar-refractivity contribution in [3.05, 3.63) is 17.7 Å². The van der Waals surface area contributed by atoms with Crippen LogP contribution in [0.1, 0.15) is 33.3 Å². The van der Waals surface area contributed by atoms with Crippen LogP contribution in [0, 0.1) is 0 Å². The molecule has 2 atom stereocenters. The molecule has 0 N–H and O–H groups in total. The first kappa shape index (κ1) is 26.0. The summed E-state index contributed by atoms with van der Waals surface area (Å²) in [5.74, 6) is 1.23. The van der Waals surface area contributed by atoms with Crippen molar-refractivity contribution in [2.75, 3.05) is 35.0 Å². The zero-order valence-corrected chi connectivity index (χ0v) is 22.1. The number of methoxy groups -OCH3 is 3. The van der Waals surface area contributed by atoms with Gasteiger partial charge < -0.3 is 28.4 Å². The summed E-state index contributed by atoms with van der Waals surface area (Å²) >= 11 is 0. The highest BCUT2D eigenvalue weighted by Gasteiger charge is 2.45. The number of nitrogens with zero attached hydrogens (tertiary/aromatic N) is 2. The van der Waals surface area contributed by atoms with Gasteiger partial charge in [0.2, 0.25) is 17.6 Å². The number of benzene rings is 1. The van der Waals surface area contributed by atoms with Crippen molar-refractivity contribution in [1.29, 1.82) is 0 Å². The van der Waals surface area contributed by atoms with Crippen LogP contribution in [0.3, 0.4) is 0 Å². The minimum Gasteiger partial charge on any atom is -0.493 e. The van der Waals surface area contributed by atoms with Crippen molar-refractivity contribution in [2.45, 2.75) is 64.5 Å². The smallest absolute Gasteiger partial charge is 0.248 e. The summed E-state index contributed by atoms with van der Waals surface area (Å²) in [5.41, 5.74) is 0.773. The Morgan fingerprint density at radius 1 is 0.969 bits per heavy atom. The van der Waals surface area contributed by atoms with Gasteiger partial charge in [-0.15, -0.1) is 0 Å². The Labute approximate surface area is 192 Å². The Bertz CT molecular complexity index is 826. The van der Waals surface area contributed by atoms with Gasteiger partial charge in [0.1, 0.15) is 12.1 Å². The third-order valence-corrected chi connectivity index (χ3v) is 11.2. The van der Waals surface area contributed by atoms with Crippen molar-refractivity contribution >= 4 is 20.1 Å². The molecular weight excluding hydrogens is 428 g/mol. The summed E-state index contributed by atoms with van der Waals surface area (Å²) in [6.45, 7) is 12.9. The van der Waals surface area contributed by atoms with E-state index in [0.717, 1.165) is 5.56 Å². The van der Waals surface area contributed by atoms with Gasteiger partial charge in [-0.2, -0.15) is 0 Å². The van der Waals surface area contributed by atoms with Gasteiger partial charge in [0, 0.05) is 13.6 Å². The molecule has 0 bridgehead atoms. The van der Waals surface area contributed by atoms with Crippen molar-refractivity contribution in [1.82, 2.24) is 9.80 Å². The summed E-state index contributed by atoms with van der Waals surface area (Å²) < 4.78 is 22.6. The molecule has 2 amide bonds. The topological polar surface area (TPSA) is 77.5 Å². The van der Waals surface area contributed by atoms with Crippen LogP contribution in [0.5, 0.6) is 17.2 Å². The molecule has 0 saturated carbocycles. The predicted octanol–water partition coefficient (Wildman–Crippen LogP) is 3.29. The summed E-state index contributed by atoms with van der Waals surface area (Å²) in [7, 11) is 4.19. The standard InChI is InChI=1S/C23H38N2O6Si/c1-15-21(26)25(13-16-11-18(28-6)20(30-8)19(12-16)29-7)17(22(27)24(15)5)14-31-32(9,10)23(2,3)4/h11-12,15,17H,13-14H2,1-10H3. The Hall–Kier alpha value is -2.26. The van der Waals surface area contributed by atoms with E-state index in [1.807, 2.05) is 0 Å². The van der Waals surface area contributed by atoms with Crippen LogP contribution in [0.4, 0.5) is 0 Å². The molecule has 0 spiro atoms. The third kappa shape index (κ3) is 5.04. The third-order valence-electron chi connectivity index (χ3n) is 6.72. The molecule has 1 saturated heterocycles. The maximum Gasteiger partial charge on any atom is 0.248 e. The maximum atomic E-state index is 13.3. The van der Waals surface area contributed by atoms with Gasteiger partial charge in [0.15, 0.2) is 19.8 Å². The number of amides is 2. The zero-order valence-electron chi connectivity index (χ0n) is 21.1. The average Bonchev–Trinajstić information content (AvgIpc) is 2.73. The second-order valence-corrected chi connectivity index (χ2v) is 14.5. The molecule has 1 heterocycles. The Balaban J connectivity index is 2.41. The van der Waals surface area contributed by atoms with Crippen LogP contribution in [0.2, 0.25) is 18.1 Å². The van der Waals surface area contributed by atoms with E-state index in [1.54, 1.807) is 52.3 Å². The van der Waals surface area contributed by atoms with E-state index < -0.39 is 20.4 Å². The number of hydrogen-bond acceptors (Lipinski definition) is 6. The van der Waals surface area contributed by atoms with Gasteiger partial charge >= 0.3 is 0 Å². The number of likely N-dealkylation sites (N-methyl/N-ethyl adjacent to an activating group) is 1. The van der Waals surface area contributed by atoms with Crippen molar-refractivity contribution in [3.8, 4) is 17.2 Å². The largest absolute Gasteiger partial charge is 0.493 e. The molecule has 9 heteroatoms. The highest BCUT2D eigenvalue weighted by molar-refractivity contribution is 6.74. The summed E-state index contributed by atoms with van der Waals surface area (Å²) in [6.07, 6.45) is 0. The van der Waals surface area contributed by atoms with Gasteiger partial charge in [-0.05, 0) is 42.8 Å². The normalized spacial score (nSPS) is 19.9. The number of hydrogen-bond donors (Lipinski definition) is 0. The fraction of sp³-hybridized carbons (Fsp3) is 0.652. The lowest BCUT2D eigenvalue weighted by Crippen LogP contribution is -2.64. The van der Waals surface area contributed by atoms with Crippen LogP contribution in [0.15, 0.2) is 12.1 Å². The Kier molecular flexibility index (Phi) is 7.88. The molecule has 1 aliphatic heterocycles. The van der Waals surface area contributed by atoms with E-state index in [-0.39, 0.29) is 30.0 Å². The van der Waals surface area contributed by atoms with Crippen molar-refractivity contribution in [2.24, 2.45) is 0 Å². The van der Waals surface area contributed by atoms with Gasteiger partial charge in [-0.25, -0.2) is 0 Å².